The lowest BCUT2D eigenvalue weighted by molar-refractivity contribution is -0.329. The van der Waals surface area contributed by atoms with Crippen LogP contribution in [-0.4, -0.2) is 36.1 Å². The van der Waals surface area contributed by atoms with Crippen LogP contribution in [0.25, 0.3) is 0 Å². The highest BCUT2D eigenvalue weighted by atomic mass is 17.2. The van der Waals surface area contributed by atoms with Crippen molar-refractivity contribution >= 4 is 0 Å². The molecule has 14 heavy (non-hydrogen) atoms. The standard InChI is InChI=1S/C7H17N3O4/c1-4(8)7(9)6(11)3-13-14-5(2)10-12/h4-7,11H,3,8-9H2,1-2H3. The second-order valence-corrected chi connectivity index (χ2v) is 3.09. The van der Waals surface area contributed by atoms with Crippen LogP contribution in [-0.2, 0) is 9.78 Å². The molecule has 84 valence electrons. The smallest absolute Gasteiger partial charge is 0.220 e. The number of nitroso groups, excluding NO2 is 1. The molecule has 0 saturated carbocycles. The van der Waals surface area contributed by atoms with Crippen molar-refractivity contribution < 1.29 is 14.9 Å². The fraction of sp³-hybridized carbons (Fsp3) is 1.00. The zero-order valence-corrected chi connectivity index (χ0v) is 8.29. The molecule has 0 aliphatic rings. The van der Waals surface area contributed by atoms with Gasteiger partial charge in [0.15, 0.2) is 0 Å². The Labute approximate surface area is 82.3 Å². The van der Waals surface area contributed by atoms with E-state index < -0.39 is 18.4 Å². The van der Waals surface area contributed by atoms with Crippen LogP contribution in [0.5, 0.6) is 0 Å². The molecule has 0 amide bonds. The molecule has 0 aliphatic heterocycles. The molecule has 0 aromatic rings. The summed E-state index contributed by atoms with van der Waals surface area (Å²) in [4.78, 5) is 18.9. The van der Waals surface area contributed by atoms with E-state index >= 15 is 0 Å². The zero-order chi connectivity index (χ0) is 11.1. The summed E-state index contributed by atoms with van der Waals surface area (Å²) in [5.41, 5.74) is 11.0. The Hall–Kier alpha value is -0.600. The third-order valence-corrected chi connectivity index (χ3v) is 1.65. The maximum Gasteiger partial charge on any atom is 0.220 e. The highest BCUT2D eigenvalue weighted by Gasteiger charge is 2.19. The fourth-order valence-electron chi connectivity index (χ4n) is 0.687. The molecule has 0 aliphatic carbocycles. The van der Waals surface area contributed by atoms with Gasteiger partial charge in [0, 0.05) is 12.1 Å². The summed E-state index contributed by atoms with van der Waals surface area (Å²) in [6, 6.07) is -0.951. The van der Waals surface area contributed by atoms with Gasteiger partial charge in [0.05, 0.1) is 6.10 Å². The zero-order valence-electron chi connectivity index (χ0n) is 8.29. The number of aliphatic hydroxyl groups is 1. The highest BCUT2D eigenvalue weighted by molar-refractivity contribution is 4.78. The molecule has 7 heteroatoms. The summed E-state index contributed by atoms with van der Waals surface area (Å²) in [6.07, 6.45) is -1.84. The average molecular weight is 207 g/mol. The number of aliphatic hydroxyl groups excluding tert-OH is 1. The molecular weight excluding hydrogens is 190 g/mol. The van der Waals surface area contributed by atoms with Crippen molar-refractivity contribution in [1.82, 2.24) is 0 Å². The Morgan fingerprint density at radius 1 is 1.43 bits per heavy atom. The third-order valence-electron chi connectivity index (χ3n) is 1.65. The predicted molar refractivity (Wildman–Crippen MR) is 49.9 cm³/mol. The molecule has 0 spiro atoms. The van der Waals surface area contributed by atoms with E-state index in [1.54, 1.807) is 6.92 Å². The van der Waals surface area contributed by atoms with E-state index in [2.05, 4.69) is 15.0 Å². The first kappa shape index (κ1) is 13.4. The molecule has 0 bridgehead atoms. The summed E-state index contributed by atoms with van der Waals surface area (Å²) in [6.45, 7) is 2.93. The van der Waals surface area contributed by atoms with Crippen LogP contribution in [0.15, 0.2) is 5.18 Å². The van der Waals surface area contributed by atoms with Crippen LogP contribution in [0.3, 0.4) is 0 Å². The van der Waals surface area contributed by atoms with Crippen LogP contribution in [0.1, 0.15) is 13.8 Å². The number of nitrogens with two attached hydrogens (primary N) is 2. The van der Waals surface area contributed by atoms with Crippen molar-refractivity contribution in [1.29, 1.82) is 0 Å². The minimum absolute atomic E-state index is 0.150. The molecule has 0 aromatic heterocycles. The van der Waals surface area contributed by atoms with Gasteiger partial charge in [0.2, 0.25) is 6.23 Å². The molecule has 0 saturated heterocycles. The third kappa shape index (κ3) is 5.20. The van der Waals surface area contributed by atoms with E-state index in [1.807, 2.05) is 0 Å². The van der Waals surface area contributed by atoms with Crippen LogP contribution >= 0.6 is 0 Å². The van der Waals surface area contributed by atoms with Crippen LogP contribution in [0, 0.1) is 4.91 Å². The Balaban J connectivity index is 3.63. The van der Waals surface area contributed by atoms with Crippen molar-refractivity contribution in [2.24, 2.45) is 16.6 Å². The minimum Gasteiger partial charge on any atom is -0.389 e. The Morgan fingerprint density at radius 3 is 2.43 bits per heavy atom. The van der Waals surface area contributed by atoms with E-state index in [1.165, 1.54) is 6.92 Å². The number of rotatable bonds is 7. The predicted octanol–water partition coefficient (Wildman–Crippen LogP) is -0.918. The topological polar surface area (TPSA) is 120 Å². The van der Waals surface area contributed by atoms with Gasteiger partial charge in [0.1, 0.15) is 6.61 Å². The van der Waals surface area contributed by atoms with Crippen molar-refractivity contribution in [2.75, 3.05) is 6.61 Å². The molecule has 0 aromatic carbocycles. The van der Waals surface area contributed by atoms with E-state index in [0.29, 0.717) is 0 Å². The second-order valence-electron chi connectivity index (χ2n) is 3.09. The summed E-state index contributed by atoms with van der Waals surface area (Å²) < 4.78 is 0. The SMILES string of the molecule is CC(N=O)OOCC(O)C(N)C(C)N. The van der Waals surface area contributed by atoms with Gasteiger partial charge in [0.25, 0.3) is 0 Å². The lowest BCUT2D eigenvalue weighted by atomic mass is 10.1. The first-order valence-electron chi connectivity index (χ1n) is 4.29. The Morgan fingerprint density at radius 2 is 2.00 bits per heavy atom. The van der Waals surface area contributed by atoms with Gasteiger partial charge in [-0.3, -0.25) is 0 Å². The van der Waals surface area contributed by atoms with Crippen molar-refractivity contribution in [3.8, 4) is 0 Å². The summed E-state index contributed by atoms with van der Waals surface area (Å²) in [5.74, 6) is 0. The van der Waals surface area contributed by atoms with Gasteiger partial charge in [-0.2, -0.15) is 0 Å². The van der Waals surface area contributed by atoms with Crippen molar-refractivity contribution in [2.45, 2.75) is 38.3 Å². The van der Waals surface area contributed by atoms with Gasteiger partial charge in [-0.05, 0) is 19.0 Å². The van der Waals surface area contributed by atoms with E-state index in [0.717, 1.165) is 0 Å². The van der Waals surface area contributed by atoms with Gasteiger partial charge >= 0.3 is 0 Å². The first-order chi connectivity index (χ1) is 6.49. The fourth-order valence-corrected chi connectivity index (χ4v) is 0.687. The van der Waals surface area contributed by atoms with Crippen LogP contribution < -0.4 is 11.5 Å². The largest absolute Gasteiger partial charge is 0.389 e. The molecule has 7 nitrogen and oxygen atoms in total. The molecule has 5 N–H and O–H groups in total. The molecule has 0 radical (unpaired) electrons. The second kappa shape index (κ2) is 6.80. The quantitative estimate of drug-likeness (QED) is 0.282. The molecule has 4 unspecified atom stereocenters. The van der Waals surface area contributed by atoms with Crippen molar-refractivity contribution in [3.05, 3.63) is 4.91 Å². The monoisotopic (exact) mass is 207 g/mol. The molecule has 0 fully saturated rings. The molecular formula is C7H17N3O4. The normalized spacial score (nSPS) is 19.8. The average Bonchev–Trinajstić information content (AvgIpc) is 2.15. The Bertz CT molecular complexity index is 167. The maximum absolute atomic E-state index is 9.86. The molecule has 4 atom stereocenters. The summed E-state index contributed by atoms with van der Waals surface area (Å²) >= 11 is 0. The minimum atomic E-state index is -0.936. The van der Waals surface area contributed by atoms with E-state index in [4.69, 9.17) is 11.5 Å². The Kier molecular flexibility index (Phi) is 6.50. The maximum atomic E-state index is 9.86. The van der Waals surface area contributed by atoms with Crippen molar-refractivity contribution in [3.63, 3.8) is 0 Å². The number of hydrogen-bond donors (Lipinski definition) is 3. The number of hydrogen-bond acceptors (Lipinski definition) is 7. The van der Waals surface area contributed by atoms with Crippen LogP contribution in [0.4, 0.5) is 0 Å². The van der Waals surface area contributed by atoms with Gasteiger partial charge < -0.3 is 16.6 Å². The summed E-state index contributed by atoms with van der Waals surface area (Å²) in [7, 11) is 0. The molecule has 0 heterocycles. The lowest BCUT2D eigenvalue weighted by Gasteiger charge is -2.21. The summed E-state index contributed by atoms with van der Waals surface area (Å²) in [5, 5.41) is 11.9. The van der Waals surface area contributed by atoms with Crippen LogP contribution in [0.2, 0.25) is 0 Å². The first-order valence-corrected chi connectivity index (χ1v) is 4.29. The van der Waals surface area contributed by atoms with E-state index in [-0.39, 0.29) is 12.6 Å². The molecule has 0 rings (SSSR count). The van der Waals surface area contributed by atoms with E-state index in [9.17, 15) is 10.0 Å². The van der Waals surface area contributed by atoms with Gasteiger partial charge in [-0.15, -0.1) is 4.91 Å². The highest BCUT2D eigenvalue weighted by Crippen LogP contribution is 1.98. The lowest BCUT2D eigenvalue weighted by Crippen LogP contribution is -2.49. The van der Waals surface area contributed by atoms with Gasteiger partial charge in [-0.1, -0.05) is 0 Å². The van der Waals surface area contributed by atoms with Gasteiger partial charge in [-0.25, -0.2) is 9.78 Å². The number of nitrogens with zero attached hydrogens (tertiary/aromatic N) is 1.